The van der Waals surface area contributed by atoms with Crippen LogP contribution in [0.2, 0.25) is 0 Å². The number of aliphatic hydroxyl groups excluding tert-OH is 1. The first kappa shape index (κ1) is 17.2. The summed E-state index contributed by atoms with van der Waals surface area (Å²) in [6.45, 7) is 3.98. The molecule has 0 aliphatic carbocycles. The van der Waals surface area contributed by atoms with Gasteiger partial charge in [-0.1, -0.05) is 13.8 Å². The third-order valence-electron chi connectivity index (χ3n) is 2.45. The summed E-state index contributed by atoms with van der Waals surface area (Å²) in [5, 5.41) is 8.90. The molecule has 2 rings (SSSR count). The Kier molecular flexibility index (Phi) is 8.25. The molecule has 6 nitrogen and oxygen atoms in total. The van der Waals surface area contributed by atoms with E-state index in [1.54, 1.807) is 12.3 Å². The van der Waals surface area contributed by atoms with Crippen molar-refractivity contribution in [2.75, 3.05) is 12.3 Å². The molecule has 0 saturated carbocycles. The lowest BCUT2D eigenvalue weighted by atomic mass is 10.2. The van der Waals surface area contributed by atoms with Gasteiger partial charge in [0.05, 0.1) is 12.7 Å². The molecule has 6 heteroatoms. The number of anilines is 1. The molecule has 2 unspecified atom stereocenters. The molecule has 1 aliphatic heterocycles. The molecule has 2 heterocycles. The predicted octanol–water partition coefficient (Wildman–Crippen LogP) is 0.771. The van der Waals surface area contributed by atoms with Gasteiger partial charge in [0.2, 0.25) is 0 Å². The van der Waals surface area contributed by atoms with Crippen LogP contribution in [0.25, 0.3) is 0 Å². The molecule has 1 fully saturated rings. The van der Waals surface area contributed by atoms with Gasteiger partial charge in [0.25, 0.3) is 0 Å². The van der Waals surface area contributed by atoms with Crippen LogP contribution in [0, 0.1) is 12.8 Å². The molecule has 1 aromatic rings. The van der Waals surface area contributed by atoms with Crippen LogP contribution in [-0.4, -0.2) is 27.4 Å². The summed E-state index contributed by atoms with van der Waals surface area (Å²) in [5.74, 6) is 0.202. The maximum atomic E-state index is 11.5. The van der Waals surface area contributed by atoms with Crippen LogP contribution in [0.15, 0.2) is 17.1 Å². The SMILES string of the molecule is C#C.CC.Nc1ccn(C2CCC(CO)O2)c(=O)n1. The third kappa shape index (κ3) is 4.73. The minimum absolute atomic E-state index is 0.0202. The summed E-state index contributed by atoms with van der Waals surface area (Å²) in [6.07, 6.45) is 10.5. The lowest BCUT2D eigenvalue weighted by Crippen LogP contribution is -2.27. The zero-order chi connectivity index (χ0) is 14.8. The summed E-state index contributed by atoms with van der Waals surface area (Å²) in [6, 6.07) is 1.55. The number of nitrogen functional groups attached to an aromatic ring is 1. The molecular weight excluding hydrogens is 246 g/mol. The number of ether oxygens (including phenoxy) is 1. The van der Waals surface area contributed by atoms with Crippen molar-refractivity contribution < 1.29 is 9.84 Å². The minimum Gasteiger partial charge on any atom is -0.394 e. The largest absolute Gasteiger partial charge is 0.394 e. The van der Waals surface area contributed by atoms with Crippen molar-refractivity contribution in [3.05, 3.63) is 22.7 Å². The van der Waals surface area contributed by atoms with Gasteiger partial charge in [-0.2, -0.15) is 4.98 Å². The first-order valence-corrected chi connectivity index (χ1v) is 6.15. The number of nitrogens with two attached hydrogens (primary N) is 1. The molecule has 3 N–H and O–H groups in total. The molecule has 0 aromatic carbocycles. The zero-order valence-corrected chi connectivity index (χ0v) is 11.3. The average molecular weight is 267 g/mol. The van der Waals surface area contributed by atoms with Crippen molar-refractivity contribution in [1.29, 1.82) is 0 Å². The van der Waals surface area contributed by atoms with Crippen LogP contribution in [0.3, 0.4) is 0 Å². The van der Waals surface area contributed by atoms with Crippen molar-refractivity contribution >= 4 is 5.82 Å². The van der Waals surface area contributed by atoms with Crippen molar-refractivity contribution in [2.24, 2.45) is 0 Å². The molecular formula is C13H21N3O3. The van der Waals surface area contributed by atoms with E-state index in [0.717, 1.165) is 6.42 Å². The summed E-state index contributed by atoms with van der Waals surface area (Å²) in [4.78, 5) is 15.1. The highest BCUT2D eigenvalue weighted by molar-refractivity contribution is 5.23. The van der Waals surface area contributed by atoms with Gasteiger partial charge < -0.3 is 15.6 Å². The quantitative estimate of drug-likeness (QED) is 0.772. The average Bonchev–Trinajstić information content (AvgIpc) is 2.92. The monoisotopic (exact) mass is 267 g/mol. The molecule has 2 atom stereocenters. The van der Waals surface area contributed by atoms with E-state index >= 15 is 0 Å². The van der Waals surface area contributed by atoms with Crippen molar-refractivity contribution in [2.45, 2.75) is 39.0 Å². The Bertz CT molecular complexity index is 442. The fourth-order valence-electron chi connectivity index (χ4n) is 1.67. The van der Waals surface area contributed by atoms with E-state index in [1.807, 2.05) is 13.8 Å². The highest BCUT2D eigenvalue weighted by Crippen LogP contribution is 2.26. The number of hydrogen-bond donors (Lipinski definition) is 2. The van der Waals surface area contributed by atoms with E-state index in [0.29, 0.717) is 6.42 Å². The lowest BCUT2D eigenvalue weighted by molar-refractivity contribution is -0.0245. The first-order chi connectivity index (χ1) is 9.20. The molecule has 1 aliphatic rings. The second-order valence-corrected chi connectivity index (χ2v) is 3.51. The minimum atomic E-state index is -0.418. The highest BCUT2D eigenvalue weighted by atomic mass is 16.5. The van der Waals surface area contributed by atoms with Gasteiger partial charge in [-0.3, -0.25) is 4.57 Å². The number of nitrogens with zero attached hydrogens (tertiary/aromatic N) is 2. The van der Waals surface area contributed by atoms with Crippen LogP contribution >= 0.6 is 0 Å². The maximum absolute atomic E-state index is 11.5. The standard InChI is InChI=1S/C9H13N3O3.C2H6.C2H2/c10-7-3-4-12(9(14)11-7)8-2-1-6(5-13)15-8;2*1-2/h3-4,6,8,13H,1-2,5H2,(H2,10,11,14);1-2H3;1-2H. The smallest absolute Gasteiger partial charge is 0.351 e. The van der Waals surface area contributed by atoms with Gasteiger partial charge in [0.15, 0.2) is 0 Å². The number of rotatable bonds is 2. The Balaban J connectivity index is 0.000000741. The number of aromatic nitrogens is 2. The van der Waals surface area contributed by atoms with E-state index in [4.69, 9.17) is 15.6 Å². The van der Waals surface area contributed by atoms with Gasteiger partial charge >= 0.3 is 5.69 Å². The van der Waals surface area contributed by atoms with E-state index in [2.05, 4.69) is 17.8 Å². The Morgan fingerprint density at radius 1 is 1.53 bits per heavy atom. The molecule has 19 heavy (non-hydrogen) atoms. The van der Waals surface area contributed by atoms with Crippen molar-refractivity contribution in [3.63, 3.8) is 0 Å². The summed E-state index contributed by atoms with van der Waals surface area (Å²) >= 11 is 0. The van der Waals surface area contributed by atoms with E-state index in [-0.39, 0.29) is 24.8 Å². The summed E-state index contributed by atoms with van der Waals surface area (Å²) in [5.41, 5.74) is 4.96. The van der Waals surface area contributed by atoms with Gasteiger partial charge in [0.1, 0.15) is 12.0 Å². The normalized spacial score (nSPS) is 20.7. The molecule has 0 bridgehead atoms. The zero-order valence-electron chi connectivity index (χ0n) is 11.3. The fraction of sp³-hybridized carbons (Fsp3) is 0.538. The van der Waals surface area contributed by atoms with Crippen molar-refractivity contribution in [3.8, 4) is 12.8 Å². The second kappa shape index (κ2) is 9.14. The van der Waals surface area contributed by atoms with E-state index < -0.39 is 5.69 Å². The Hall–Kier alpha value is -1.84. The molecule has 0 radical (unpaired) electrons. The lowest BCUT2D eigenvalue weighted by Gasteiger charge is -2.14. The van der Waals surface area contributed by atoms with Crippen LogP contribution in [0.5, 0.6) is 0 Å². The summed E-state index contributed by atoms with van der Waals surface area (Å²) < 4.78 is 6.84. The highest BCUT2D eigenvalue weighted by Gasteiger charge is 2.26. The molecule has 0 amide bonds. The van der Waals surface area contributed by atoms with Crippen LogP contribution in [-0.2, 0) is 4.74 Å². The van der Waals surface area contributed by atoms with E-state index in [1.165, 1.54) is 4.57 Å². The molecule has 1 aromatic heterocycles. The Morgan fingerprint density at radius 2 is 2.16 bits per heavy atom. The molecule has 106 valence electrons. The van der Waals surface area contributed by atoms with Crippen LogP contribution in [0.4, 0.5) is 5.82 Å². The Labute approximate surface area is 113 Å². The van der Waals surface area contributed by atoms with Crippen LogP contribution in [0.1, 0.15) is 32.9 Å². The number of terminal acetylenes is 1. The van der Waals surface area contributed by atoms with Crippen molar-refractivity contribution in [1.82, 2.24) is 9.55 Å². The fourth-order valence-corrected chi connectivity index (χ4v) is 1.67. The second-order valence-electron chi connectivity index (χ2n) is 3.51. The van der Waals surface area contributed by atoms with E-state index in [9.17, 15) is 4.79 Å². The predicted molar refractivity (Wildman–Crippen MR) is 74.4 cm³/mol. The van der Waals surface area contributed by atoms with Gasteiger partial charge in [0, 0.05) is 6.20 Å². The first-order valence-electron chi connectivity index (χ1n) is 6.15. The topological polar surface area (TPSA) is 90.4 Å². The number of hydrogen-bond acceptors (Lipinski definition) is 5. The van der Waals surface area contributed by atoms with Crippen LogP contribution < -0.4 is 11.4 Å². The number of aliphatic hydroxyl groups is 1. The van der Waals surface area contributed by atoms with Gasteiger partial charge in [-0.25, -0.2) is 4.79 Å². The molecule has 1 saturated heterocycles. The maximum Gasteiger partial charge on any atom is 0.351 e. The molecule has 0 spiro atoms. The summed E-state index contributed by atoms with van der Waals surface area (Å²) in [7, 11) is 0. The van der Waals surface area contributed by atoms with Gasteiger partial charge in [-0.05, 0) is 18.9 Å². The van der Waals surface area contributed by atoms with Gasteiger partial charge in [-0.15, -0.1) is 12.8 Å². The third-order valence-corrected chi connectivity index (χ3v) is 2.45. The Morgan fingerprint density at radius 3 is 2.63 bits per heavy atom.